The predicted molar refractivity (Wildman–Crippen MR) is 129 cm³/mol. The van der Waals surface area contributed by atoms with Crippen LogP contribution in [0.25, 0.3) is 10.2 Å². The van der Waals surface area contributed by atoms with Crippen molar-refractivity contribution in [2.75, 3.05) is 37.6 Å². The van der Waals surface area contributed by atoms with Gasteiger partial charge in [0.25, 0.3) is 10.0 Å². The highest BCUT2D eigenvalue weighted by Gasteiger charge is 2.42. The third-order valence-corrected chi connectivity index (χ3v) is 10.6. The Morgan fingerprint density at radius 3 is 2.66 bits per heavy atom. The summed E-state index contributed by atoms with van der Waals surface area (Å²) in [5.41, 5.74) is 2.33. The van der Waals surface area contributed by atoms with Gasteiger partial charge in [-0.2, -0.15) is 4.31 Å². The summed E-state index contributed by atoms with van der Waals surface area (Å²) >= 11 is 2.90. The van der Waals surface area contributed by atoms with Crippen LogP contribution >= 0.6 is 22.7 Å². The van der Waals surface area contributed by atoms with Crippen molar-refractivity contribution in [3.63, 3.8) is 0 Å². The summed E-state index contributed by atoms with van der Waals surface area (Å²) in [6.45, 7) is 5.12. The van der Waals surface area contributed by atoms with E-state index < -0.39 is 16.1 Å². The topological polar surface area (TPSA) is 73.8 Å². The van der Waals surface area contributed by atoms with Gasteiger partial charge in [0.2, 0.25) is 5.91 Å². The third kappa shape index (κ3) is 3.83. The number of hydrogen-bond donors (Lipinski definition) is 0. The molecule has 0 bridgehead atoms. The van der Waals surface area contributed by atoms with E-state index in [0.29, 0.717) is 49.8 Å². The van der Waals surface area contributed by atoms with Gasteiger partial charge in [-0.3, -0.25) is 4.79 Å². The first-order chi connectivity index (χ1) is 15.5. The Labute approximate surface area is 196 Å². The monoisotopic (exact) mass is 490 g/mol. The number of rotatable bonds is 5. The van der Waals surface area contributed by atoms with E-state index in [-0.39, 0.29) is 5.91 Å². The Morgan fingerprint density at radius 2 is 1.94 bits per heavy atom. The van der Waals surface area contributed by atoms with E-state index in [1.54, 1.807) is 28.8 Å². The lowest BCUT2D eigenvalue weighted by atomic mass is 10.1. The van der Waals surface area contributed by atoms with Gasteiger partial charge in [0.1, 0.15) is 10.3 Å². The maximum absolute atomic E-state index is 13.3. The minimum Gasteiger partial charge on any atom is -0.345 e. The second-order valence-electron chi connectivity index (χ2n) is 8.13. The molecule has 3 aromatic rings. The lowest BCUT2D eigenvalue weighted by molar-refractivity contribution is -0.134. The van der Waals surface area contributed by atoms with E-state index in [2.05, 4.69) is 30.0 Å². The summed E-state index contributed by atoms with van der Waals surface area (Å²) in [5.74, 6) is -0.0696. The number of aryl methyl sites for hydroxylation is 1. The lowest BCUT2D eigenvalue weighted by Crippen LogP contribution is -2.54. The molecule has 32 heavy (non-hydrogen) atoms. The molecule has 0 spiro atoms. The molecule has 4 heterocycles. The molecule has 1 atom stereocenters. The largest absolute Gasteiger partial charge is 0.345 e. The Morgan fingerprint density at radius 1 is 1.12 bits per heavy atom. The minimum atomic E-state index is -3.62. The van der Waals surface area contributed by atoms with Gasteiger partial charge in [-0.05, 0) is 42.3 Å². The highest BCUT2D eigenvalue weighted by atomic mass is 32.2. The maximum atomic E-state index is 13.3. The number of benzene rings is 1. The molecule has 0 saturated carbocycles. The van der Waals surface area contributed by atoms with Crippen LogP contribution < -0.4 is 4.90 Å². The van der Waals surface area contributed by atoms with Crippen LogP contribution in [-0.2, 0) is 21.2 Å². The fourth-order valence-corrected chi connectivity index (χ4v) is 8.38. The standard InChI is InChI=1S/C22H26N4O3S3/c1-2-16-6-3-8-18-20(16)23-22(31-18)25-13-11-24(12-14-25)21(27)17-7-4-10-26(17)32(28,29)19-9-5-15-30-19/h3,5-6,8-9,15,17H,2,4,7,10-14H2,1H3/t17-/m0/s1. The van der Waals surface area contributed by atoms with E-state index in [4.69, 9.17) is 4.98 Å². The minimum absolute atomic E-state index is 0.0696. The Bertz CT molecular complexity index is 1210. The number of hydrogen-bond acceptors (Lipinski definition) is 7. The molecular formula is C22H26N4O3S3. The van der Waals surface area contributed by atoms with Gasteiger partial charge in [-0.15, -0.1) is 11.3 Å². The number of sulfonamides is 1. The zero-order valence-corrected chi connectivity index (χ0v) is 20.4. The van der Waals surface area contributed by atoms with Gasteiger partial charge in [-0.25, -0.2) is 13.4 Å². The first-order valence-corrected chi connectivity index (χ1v) is 14.1. The van der Waals surface area contributed by atoms with Crippen molar-refractivity contribution in [3.8, 4) is 0 Å². The number of piperazine rings is 1. The zero-order chi connectivity index (χ0) is 22.3. The van der Waals surface area contributed by atoms with Crippen LogP contribution in [0.15, 0.2) is 39.9 Å². The van der Waals surface area contributed by atoms with Crippen LogP contribution in [0.4, 0.5) is 5.13 Å². The maximum Gasteiger partial charge on any atom is 0.253 e. The molecular weight excluding hydrogens is 464 g/mol. The van der Waals surface area contributed by atoms with Crippen molar-refractivity contribution in [2.45, 2.75) is 36.4 Å². The average Bonchev–Trinajstić information content (AvgIpc) is 3.58. The zero-order valence-electron chi connectivity index (χ0n) is 17.9. The number of fused-ring (bicyclic) bond motifs is 1. The summed E-state index contributed by atoms with van der Waals surface area (Å²) in [7, 11) is -3.62. The van der Waals surface area contributed by atoms with Gasteiger partial charge in [-0.1, -0.05) is 36.5 Å². The molecule has 0 radical (unpaired) electrons. The van der Waals surface area contributed by atoms with Crippen molar-refractivity contribution in [1.82, 2.24) is 14.2 Å². The number of nitrogens with zero attached hydrogens (tertiary/aromatic N) is 4. The fraction of sp³-hybridized carbons (Fsp3) is 0.455. The third-order valence-electron chi connectivity index (χ3n) is 6.28. The number of aromatic nitrogens is 1. The number of para-hydroxylation sites is 1. The molecule has 0 N–H and O–H groups in total. The first kappa shape index (κ1) is 21.8. The predicted octanol–water partition coefficient (Wildman–Crippen LogP) is 3.42. The van der Waals surface area contributed by atoms with E-state index in [9.17, 15) is 13.2 Å². The van der Waals surface area contributed by atoms with Gasteiger partial charge in [0, 0.05) is 32.7 Å². The summed E-state index contributed by atoms with van der Waals surface area (Å²) in [6.07, 6.45) is 2.25. The van der Waals surface area contributed by atoms with Crippen LogP contribution in [0.5, 0.6) is 0 Å². The average molecular weight is 491 g/mol. The molecule has 2 aliphatic heterocycles. The van der Waals surface area contributed by atoms with Crippen LogP contribution in [0.3, 0.4) is 0 Å². The van der Waals surface area contributed by atoms with E-state index in [1.807, 2.05) is 4.90 Å². The summed E-state index contributed by atoms with van der Waals surface area (Å²) in [6, 6.07) is 9.06. The fourth-order valence-electron chi connectivity index (χ4n) is 4.54. The van der Waals surface area contributed by atoms with Crippen LogP contribution in [0, 0.1) is 0 Å². The molecule has 0 aliphatic carbocycles. The summed E-state index contributed by atoms with van der Waals surface area (Å²) < 4.78 is 28.9. The van der Waals surface area contributed by atoms with Crippen molar-refractivity contribution >= 4 is 54.0 Å². The number of carbonyl (C=O) groups is 1. The van der Waals surface area contributed by atoms with Crippen molar-refractivity contribution in [3.05, 3.63) is 41.3 Å². The second kappa shape index (κ2) is 8.74. The van der Waals surface area contributed by atoms with Crippen LogP contribution in [0.2, 0.25) is 0 Å². The lowest BCUT2D eigenvalue weighted by Gasteiger charge is -2.37. The van der Waals surface area contributed by atoms with E-state index >= 15 is 0 Å². The molecule has 2 saturated heterocycles. The molecule has 5 rings (SSSR count). The Kier molecular flexibility index (Phi) is 5.96. The number of amides is 1. The first-order valence-electron chi connectivity index (χ1n) is 11.0. The SMILES string of the molecule is CCc1cccc2sc(N3CCN(C(=O)[C@@H]4CCCN4S(=O)(=O)c4cccs4)CC3)nc12. The molecule has 0 unspecified atom stereocenters. The molecule has 1 aromatic carbocycles. The molecule has 10 heteroatoms. The van der Waals surface area contributed by atoms with Gasteiger partial charge >= 0.3 is 0 Å². The van der Waals surface area contributed by atoms with Crippen LogP contribution in [0.1, 0.15) is 25.3 Å². The molecule has 2 fully saturated rings. The summed E-state index contributed by atoms with van der Waals surface area (Å²) in [4.78, 5) is 22.2. The molecule has 1 amide bonds. The van der Waals surface area contributed by atoms with Gasteiger partial charge in [0.15, 0.2) is 5.13 Å². The smallest absolute Gasteiger partial charge is 0.253 e. The Balaban J connectivity index is 1.27. The number of thiophene rings is 1. The van der Waals surface area contributed by atoms with Crippen molar-refractivity contribution in [2.24, 2.45) is 0 Å². The van der Waals surface area contributed by atoms with Gasteiger partial charge in [0.05, 0.1) is 10.2 Å². The highest BCUT2D eigenvalue weighted by Crippen LogP contribution is 2.33. The van der Waals surface area contributed by atoms with E-state index in [0.717, 1.165) is 17.1 Å². The van der Waals surface area contributed by atoms with Gasteiger partial charge < -0.3 is 9.80 Å². The van der Waals surface area contributed by atoms with Crippen molar-refractivity contribution < 1.29 is 13.2 Å². The quantitative estimate of drug-likeness (QED) is 0.548. The second-order valence-corrected chi connectivity index (χ2v) is 12.2. The van der Waals surface area contributed by atoms with Crippen molar-refractivity contribution in [1.29, 1.82) is 0 Å². The van der Waals surface area contributed by atoms with Crippen LogP contribution in [-0.4, -0.2) is 67.3 Å². The molecule has 7 nitrogen and oxygen atoms in total. The number of anilines is 1. The molecule has 170 valence electrons. The Hall–Kier alpha value is -2.01. The normalized spacial score (nSPS) is 20.3. The molecule has 2 aliphatic rings. The number of thiazole rings is 1. The van der Waals surface area contributed by atoms with E-state index in [1.165, 1.54) is 25.9 Å². The summed E-state index contributed by atoms with van der Waals surface area (Å²) in [5, 5.41) is 2.75. The number of carbonyl (C=O) groups excluding carboxylic acids is 1. The highest BCUT2D eigenvalue weighted by molar-refractivity contribution is 7.91. The molecule has 2 aromatic heterocycles.